The zero-order chi connectivity index (χ0) is 11.2. The number of carbonyl (C=O) groups excluding carboxylic acids is 1. The summed E-state index contributed by atoms with van der Waals surface area (Å²) in [5.74, 6) is -0.172. The SMILES string of the molecule is O=C(NCC1CNCCO1)c1cncnc1. The van der Waals surface area contributed by atoms with Crippen molar-refractivity contribution in [3.05, 3.63) is 24.3 Å². The van der Waals surface area contributed by atoms with Crippen molar-refractivity contribution in [1.82, 2.24) is 20.6 Å². The Morgan fingerprint density at radius 1 is 1.56 bits per heavy atom. The molecule has 16 heavy (non-hydrogen) atoms. The summed E-state index contributed by atoms with van der Waals surface area (Å²) in [7, 11) is 0. The Labute approximate surface area is 93.4 Å². The van der Waals surface area contributed by atoms with E-state index in [-0.39, 0.29) is 12.0 Å². The van der Waals surface area contributed by atoms with Crippen LogP contribution >= 0.6 is 0 Å². The fraction of sp³-hybridized carbons (Fsp3) is 0.500. The first-order chi connectivity index (χ1) is 7.86. The van der Waals surface area contributed by atoms with Gasteiger partial charge in [-0.25, -0.2) is 9.97 Å². The van der Waals surface area contributed by atoms with Crippen LogP contribution in [-0.4, -0.2) is 48.2 Å². The van der Waals surface area contributed by atoms with Crippen LogP contribution in [-0.2, 0) is 4.74 Å². The number of morpholine rings is 1. The average Bonchev–Trinajstić information content (AvgIpc) is 2.38. The molecule has 86 valence electrons. The van der Waals surface area contributed by atoms with Crippen molar-refractivity contribution in [2.75, 3.05) is 26.2 Å². The highest BCUT2D eigenvalue weighted by Crippen LogP contribution is 1.96. The van der Waals surface area contributed by atoms with Crippen LogP contribution in [0.1, 0.15) is 10.4 Å². The van der Waals surface area contributed by atoms with Crippen molar-refractivity contribution < 1.29 is 9.53 Å². The van der Waals surface area contributed by atoms with Gasteiger partial charge in [-0.05, 0) is 0 Å². The monoisotopic (exact) mass is 222 g/mol. The predicted molar refractivity (Wildman–Crippen MR) is 57.0 cm³/mol. The van der Waals surface area contributed by atoms with Crippen molar-refractivity contribution in [1.29, 1.82) is 0 Å². The Balaban J connectivity index is 1.79. The van der Waals surface area contributed by atoms with Gasteiger partial charge >= 0.3 is 0 Å². The summed E-state index contributed by atoms with van der Waals surface area (Å²) in [6.45, 7) is 2.83. The van der Waals surface area contributed by atoms with Crippen LogP contribution in [0.15, 0.2) is 18.7 Å². The standard InChI is InChI=1S/C10H14N4O2/c15-10(8-3-12-7-13-4-8)14-6-9-5-11-1-2-16-9/h3-4,7,9,11H,1-2,5-6H2,(H,14,15). The first-order valence-electron chi connectivity index (χ1n) is 5.22. The number of nitrogens with one attached hydrogen (secondary N) is 2. The van der Waals surface area contributed by atoms with E-state index in [2.05, 4.69) is 20.6 Å². The molecule has 2 rings (SSSR count). The van der Waals surface area contributed by atoms with Crippen LogP contribution in [0.4, 0.5) is 0 Å². The van der Waals surface area contributed by atoms with Gasteiger partial charge in [-0.15, -0.1) is 0 Å². The fourth-order valence-electron chi connectivity index (χ4n) is 1.48. The lowest BCUT2D eigenvalue weighted by Gasteiger charge is -2.23. The molecule has 0 bridgehead atoms. The Bertz CT molecular complexity index is 338. The molecule has 1 aromatic rings. The van der Waals surface area contributed by atoms with Gasteiger partial charge in [0.1, 0.15) is 6.33 Å². The second-order valence-electron chi connectivity index (χ2n) is 3.53. The van der Waals surface area contributed by atoms with E-state index in [0.717, 1.165) is 13.1 Å². The number of ether oxygens (including phenoxy) is 1. The Hall–Kier alpha value is -1.53. The third kappa shape index (κ3) is 2.98. The molecule has 6 nitrogen and oxygen atoms in total. The first-order valence-corrected chi connectivity index (χ1v) is 5.22. The molecule has 0 saturated carbocycles. The van der Waals surface area contributed by atoms with Crippen molar-refractivity contribution in [3.8, 4) is 0 Å². The molecule has 1 fully saturated rings. The molecule has 6 heteroatoms. The number of rotatable bonds is 3. The summed E-state index contributed by atoms with van der Waals surface area (Å²) in [5, 5.41) is 5.98. The molecule has 1 unspecified atom stereocenters. The second kappa shape index (κ2) is 5.53. The maximum absolute atomic E-state index is 11.6. The summed E-state index contributed by atoms with van der Waals surface area (Å²) < 4.78 is 5.46. The molecule has 1 aliphatic rings. The first kappa shape index (κ1) is 11.0. The van der Waals surface area contributed by atoms with Gasteiger partial charge in [0, 0.05) is 32.0 Å². The predicted octanol–water partition coefficient (Wildman–Crippen LogP) is -0.805. The maximum atomic E-state index is 11.6. The van der Waals surface area contributed by atoms with Gasteiger partial charge in [0.25, 0.3) is 5.91 Å². The molecule has 2 N–H and O–H groups in total. The minimum atomic E-state index is -0.172. The van der Waals surface area contributed by atoms with Gasteiger partial charge in [0.15, 0.2) is 0 Å². The van der Waals surface area contributed by atoms with Crippen molar-refractivity contribution in [3.63, 3.8) is 0 Å². The van der Waals surface area contributed by atoms with E-state index in [1.807, 2.05) is 0 Å². The minimum absolute atomic E-state index is 0.0438. The zero-order valence-electron chi connectivity index (χ0n) is 8.85. The molecular formula is C10H14N4O2. The minimum Gasteiger partial charge on any atom is -0.374 e. The summed E-state index contributed by atoms with van der Waals surface area (Å²) in [4.78, 5) is 19.2. The normalized spacial score (nSPS) is 20.4. The summed E-state index contributed by atoms with van der Waals surface area (Å²) in [6.07, 6.45) is 4.41. The molecule has 2 heterocycles. The highest BCUT2D eigenvalue weighted by Gasteiger charge is 2.14. The van der Waals surface area contributed by atoms with Crippen molar-refractivity contribution >= 4 is 5.91 Å². The Morgan fingerprint density at radius 2 is 2.38 bits per heavy atom. The van der Waals surface area contributed by atoms with Gasteiger partial charge in [0.2, 0.25) is 0 Å². The Morgan fingerprint density at radius 3 is 3.06 bits per heavy atom. The highest BCUT2D eigenvalue weighted by atomic mass is 16.5. The number of hydrogen-bond acceptors (Lipinski definition) is 5. The number of nitrogens with zero attached hydrogens (tertiary/aromatic N) is 2. The molecule has 1 atom stereocenters. The number of amides is 1. The van der Waals surface area contributed by atoms with Gasteiger partial charge in [-0.1, -0.05) is 0 Å². The van der Waals surface area contributed by atoms with E-state index in [1.165, 1.54) is 18.7 Å². The lowest BCUT2D eigenvalue weighted by atomic mass is 10.3. The van der Waals surface area contributed by atoms with Crippen LogP contribution < -0.4 is 10.6 Å². The largest absolute Gasteiger partial charge is 0.374 e. The molecule has 1 aliphatic heterocycles. The molecular weight excluding hydrogens is 208 g/mol. The maximum Gasteiger partial charge on any atom is 0.254 e. The van der Waals surface area contributed by atoms with E-state index in [0.29, 0.717) is 18.7 Å². The molecule has 1 saturated heterocycles. The van der Waals surface area contributed by atoms with Crippen LogP contribution in [0.25, 0.3) is 0 Å². The smallest absolute Gasteiger partial charge is 0.254 e. The highest BCUT2D eigenvalue weighted by molar-refractivity contribution is 5.93. The average molecular weight is 222 g/mol. The second-order valence-corrected chi connectivity index (χ2v) is 3.53. The van der Waals surface area contributed by atoms with E-state index in [1.54, 1.807) is 0 Å². The Kier molecular flexibility index (Phi) is 3.79. The van der Waals surface area contributed by atoms with Gasteiger partial charge in [-0.2, -0.15) is 0 Å². The summed E-state index contributed by atoms with van der Waals surface area (Å²) in [6, 6.07) is 0. The van der Waals surface area contributed by atoms with Gasteiger partial charge < -0.3 is 15.4 Å². The number of aromatic nitrogens is 2. The van der Waals surface area contributed by atoms with E-state index in [9.17, 15) is 4.79 Å². The van der Waals surface area contributed by atoms with Crippen LogP contribution in [0, 0.1) is 0 Å². The lowest BCUT2D eigenvalue weighted by molar-refractivity contribution is 0.0287. The molecule has 0 aromatic carbocycles. The van der Waals surface area contributed by atoms with Gasteiger partial charge in [-0.3, -0.25) is 4.79 Å². The molecule has 0 radical (unpaired) electrons. The van der Waals surface area contributed by atoms with E-state index >= 15 is 0 Å². The van der Waals surface area contributed by atoms with Crippen LogP contribution in [0.5, 0.6) is 0 Å². The van der Waals surface area contributed by atoms with Crippen LogP contribution in [0.2, 0.25) is 0 Å². The van der Waals surface area contributed by atoms with E-state index < -0.39 is 0 Å². The zero-order valence-corrected chi connectivity index (χ0v) is 8.85. The molecule has 0 spiro atoms. The summed E-state index contributed by atoms with van der Waals surface area (Å²) >= 11 is 0. The molecule has 0 aliphatic carbocycles. The quantitative estimate of drug-likeness (QED) is 0.700. The molecule has 1 aromatic heterocycles. The molecule has 1 amide bonds. The van der Waals surface area contributed by atoms with Crippen LogP contribution in [0.3, 0.4) is 0 Å². The van der Waals surface area contributed by atoms with Crippen molar-refractivity contribution in [2.45, 2.75) is 6.10 Å². The third-order valence-corrected chi connectivity index (χ3v) is 2.32. The topological polar surface area (TPSA) is 76.1 Å². The number of carbonyl (C=O) groups is 1. The third-order valence-electron chi connectivity index (χ3n) is 2.32. The van der Waals surface area contributed by atoms with Crippen molar-refractivity contribution in [2.24, 2.45) is 0 Å². The summed E-state index contributed by atoms with van der Waals surface area (Å²) in [5.41, 5.74) is 0.464. The fourth-order valence-corrected chi connectivity index (χ4v) is 1.48. The van der Waals surface area contributed by atoms with E-state index in [4.69, 9.17) is 4.74 Å². The van der Waals surface area contributed by atoms with Gasteiger partial charge in [0.05, 0.1) is 18.3 Å². The number of hydrogen-bond donors (Lipinski definition) is 2. The lowest BCUT2D eigenvalue weighted by Crippen LogP contribution is -2.45.